The molecule has 0 spiro atoms. The van der Waals surface area contributed by atoms with Gasteiger partial charge in [0.1, 0.15) is 0 Å². The number of thiophene rings is 1. The number of nitrogens with one attached hydrogen (secondary N) is 2. The van der Waals surface area contributed by atoms with Crippen LogP contribution in [0.25, 0.3) is 0 Å². The molecule has 0 aliphatic heterocycles. The molecule has 20 heavy (non-hydrogen) atoms. The summed E-state index contributed by atoms with van der Waals surface area (Å²) >= 11 is 1.23. The molecular formula is C12H17N3O3S2. The highest BCUT2D eigenvalue weighted by molar-refractivity contribution is 7.89. The zero-order valence-electron chi connectivity index (χ0n) is 11.1. The minimum atomic E-state index is -3.47. The molecule has 0 bridgehead atoms. The second kappa shape index (κ2) is 6.49. The second-order valence-electron chi connectivity index (χ2n) is 4.43. The van der Waals surface area contributed by atoms with Gasteiger partial charge in [-0.1, -0.05) is 0 Å². The molecule has 110 valence electrons. The van der Waals surface area contributed by atoms with Gasteiger partial charge in [0.2, 0.25) is 10.0 Å². The lowest BCUT2D eigenvalue weighted by Crippen LogP contribution is -2.24. The first kappa shape index (κ1) is 15.2. The largest absolute Gasteiger partial charge is 0.391 e. The molecule has 0 saturated carbocycles. The zero-order chi connectivity index (χ0) is 14.6. The summed E-state index contributed by atoms with van der Waals surface area (Å²) in [5.41, 5.74) is 2.11. The van der Waals surface area contributed by atoms with Crippen molar-refractivity contribution in [2.45, 2.75) is 31.3 Å². The zero-order valence-corrected chi connectivity index (χ0v) is 12.7. The van der Waals surface area contributed by atoms with E-state index in [0.29, 0.717) is 17.8 Å². The number of aromatic amines is 1. The smallest absolute Gasteiger partial charge is 0.241 e. The minimum absolute atomic E-state index is 0.139. The molecule has 2 aromatic rings. The van der Waals surface area contributed by atoms with Gasteiger partial charge in [0, 0.05) is 22.5 Å². The van der Waals surface area contributed by atoms with Crippen LogP contribution in [0.3, 0.4) is 0 Å². The van der Waals surface area contributed by atoms with Gasteiger partial charge in [-0.25, -0.2) is 13.1 Å². The van der Waals surface area contributed by atoms with Gasteiger partial charge in [-0.15, -0.1) is 11.3 Å². The van der Waals surface area contributed by atoms with Crippen molar-refractivity contribution in [3.05, 3.63) is 33.8 Å². The van der Waals surface area contributed by atoms with E-state index >= 15 is 0 Å². The van der Waals surface area contributed by atoms with Gasteiger partial charge in [-0.3, -0.25) is 5.10 Å². The molecule has 2 rings (SSSR count). The third-order valence-corrected chi connectivity index (χ3v) is 5.46. The van der Waals surface area contributed by atoms with Crippen molar-refractivity contribution in [2.24, 2.45) is 0 Å². The molecule has 0 atom stereocenters. The van der Waals surface area contributed by atoms with Gasteiger partial charge in [0.05, 0.1) is 17.7 Å². The molecule has 0 radical (unpaired) electrons. The summed E-state index contributed by atoms with van der Waals surface area (Å²) in [4.78, 5) is 0.852. The Morgan fingerprint density at radius 1 is 1.50 bits per heavy atom. The maximum absolute atomic E-state index is 12.0. The maximum atomic E-state index is 12.0. The van der Waals surface area contributed by atoms with Crippen molar-refractivity contribution in [1.82, 2.24) is 14.9 Å². The highest BCUT2D eigenvalue weighted by Gasteiger charge is 2.15. The van der Waals surface area contributed by atoms with Gasteiger partial charge < -0.3 is 5.11 Å². The monoisotopic (exact) mass is 315 g/mol. The Bertz CT molecular complexity index is 661. The van der Waals surface area contributed by atoms with Crippen LogP contribution in [0.4, 0.5) is 0 Å². The normalized spacial score (nSPS) is 11.9. The summed E-state index contributed by atoms with van der Waals surface area (Å²) in [5, 5.41) is 17.3. The molecule has 0 unspecified atom stereocenters. The summed E-state index contributed by atoms with van der Waals surface area (Å²) < 4.78 is 26.5. The van der Waals surface area contributed by atoms with E-state index in [1.54, 1.807) is 6.20 Å². The Morgan fingerprint density at radius 2 is 2.30 bits per heavy atom. The van der Waals surface area contributed by atoms with Gasteiger partial charge in [0.15, 0.2) is 0 Å². The van der Waals surface area contributed by atoms with Gasteiger partial charge in [0.25, 0.3) is 0 Å². The molecule has 2 heterocycles. The fourth-order valence-electron chi connectivity index (χ4n) is 1.78. The van der Waals surface area contributed by atoms with Crippen LogP contribution < -0.4 is 4.72 Å². The van der Waals surface area contributed by atoms with E-state index in [-0.39, 0.29) is 11.5 Å². The molecule has 8 heteroatoms. The molecule has 6 nitrogen and oxygen atoms in total. The van der Waals surface area contributed by atoms with Crippen LogP contribution in [0, 0.1) is 6.92 Å². The average Bonchev–Trinajstić information content (AvgIpc) is 3.04. The van der Waals surface area contributed by atoms with Crippen LogP contribution in [0.2, 0.25) is 0 Å². The van der Waals surface area contributed by atoms with Crippen molar-refractivity contribution in [3.63, 3.8) is 0 Å². The van der Waals surface area contributed by atoms with E-state index in [9.17, 15) is 8.42 Å². The minimum Gasteiger partial charge on any atom is -0.391 e. The average molecular weight is 315 g/mol. The van der Waals surface area contributed by atoms with Crippen LogP contribution in [-0.4, -0.2) is 30.3 Å². The van der Waals surface area contributed by atoms with E-state index in [1.807, 2.05) is 6.92 Å². The summed E-state index contributed by atoms with van der Waals surface area (Å²) in [5.74, 6) is 0. The molecule has 0 saturated heterocycles. The number of aryl methyl sites for hydroxylation is 2. The number of rotatable bonds is 7. The summed E-state index contributed by atoms with van der Waals surface area (Å²) in [6.45, 7) is 2.17. The highest BCUT2D eigenvalue weighted by Crippen LogP contribution is 2.19. The molecular weight excluding hydrogens is 298 g/mol. The van der Waals surface area contributed by atoms with Crippen molar-refractivity contribution < 1.29 is 13.5 Å². The molecule has 3 N–H and O–H groups in total. The number of sulfonamides is 1. The first-order valence-corrected chi connectivity index (χ1v) is 8.56. The third-order valence-electron chi connectivity index (χ3n) is 2.95. The van der Waals surface area contributed by atoms with Crippen molar-refractivity contribution in [3.8, 4) is 0 Å². The van der Waals surface area contributed by atoms with Gasteiger partial charge in [-0.05, 0) is 31.4 Å². The van der Waals surface area contributed by atoms with Gasteiger partial charge in [-0.2, -0.15) is 5.10 Å². The van der Waals surface area contributed by atoms with E-state index in [0.717, 1.165) is 17.7 Å². The van der Waals surface area contributed by atoms with Gasteiger partial charge >= 0.3 is 0 Å². The lowest BCUT2D eigenvalue weighted by molar-refractivity contribution is 0.285. The van der Waals surface area contributed by atoms with Crippen molar-refractivity contribution in [1.29, 1.82) is 0 Å². The fraction of sp³-hybridized carbons (Fsp3) is 0.417. The summed E-state index contributed by atoms with van der Waals surface area (Å²) in [7, 11) is -3.47. The number of aromatic nitrogens is 2. The molecule has 0 aliphatic rings. The predicted octanol–water partition coefficient (Wildman–Crippen LogP) is 1.18. The topological polar surface area (TPSA) is 95.1 Å². The number of hydrogen-bond acceptors (Lipinski definition) is 5. The Kier molecular flexibility index (Phi) is 4.92. The Hall–Kier alpha value is -1.22. The predicted molar refractivity (Wildman–Crippen MR) is 77.1 cm³/mol. The number of aliphatic hydroxyl groups is 1. The lowest BCUT2D eigenvalue weighted by atomic mass is 10.1. The number of hydrogen-bond donors (Lipinski definition) is 3. The Balaban J connectivity index is 1.85. The van der Waals surface area contributed by atoms with E-state index in [4.69, 9.17) is 5.11 Å². The third kappa shape index (κ3) is 3.66. The SMILES string of the molecule is Cc1[nH]ncc1CCCNS(=O)(=O)c1csc(CO)c1. The molecule has 2 aromatic heterocycles. The number of H-pyrrole nitrogens is 1. The Morgan fingerprint density at radius 3 is 2.90 bits per heavy atom. The molecule has 0 amide bonds. The van der Waals surface area contributed by atoms with Crippen molar-refractivity contribution >= 4 is 21.4 Å². The lowest BCUT2D eigenvalue weighted by Gasteiger charge is -2.04. The quantitative estimate of drug-likeness (QED) is 0.669. The number of aliphatic hydroxyl groups excluding tert-OH is 1. The van der Waals surface area contributed by atoms with E-state index in [1.165, 1.54) is 22.8 Å². The van der Waals surface area contributed by atoms with Crippen LogP contribution in [-0.2, 0) is 23.1 Å². The standard InChI is InChI=1S/C12H17N3O3S2/c1-9-10(6-13-15-9)3-2-4-14-20(17,18)12-5-11(7-16)19-8-12/h5-6,8,14,16H,2-4,7H2,1H3,(H,13,15). The summed E-state index contributed by atoms with van der Waals surface area (Å²) in [6.07, 6.45) is 3.24. The van der Waals surface area contributed by atoms with Crippen molar-refractivity contribution in [2.75, 3.05) is 6.54 Å². The Labute approximate surface area is 121 Å². The van der Waals surface area contributed by atoms with Crippen LogP contribution in [0.5, 0.6) is 0 Å². The second-order valence-corrected chi connectivity index (χ2v) is 7.19. The van der Waals surface area contributed by atoms with Crippen LogP contribution in [0.1, 0.15) is 22.6 Å². The first-order chi connectivity index (χ1) is 9.53. The first-order valence-electron chi connectivity index (χ1n) is 6.19. The molecule has 0 aromatic carbocycles. The van der Waals surface area contributed by atoms with Crippen LogP contribution in [0.15, 0.2) is 22.5 Å². The molecule has 0 aliphatic carbocycles. The highest BCUT2D eigenvalue weighted by atomic mass is 32.2. The molecule has 0 fully saturated rings. The van der Waals surface area contributed by atoms with E-state index < -0.39 is 10.0 Å². The van der Waals surface area contributed by atoms with Crippen LogP contribution >= 0.6 is 11.3 Å². The maximum Gasteiger partial charge on any atom is 0.241 e. The fourth-order valence-corrected chi connectivity index (χ4v) is 3.99. The number of nitrogens with zero attached hydrogens (tertiary/aromatic N) is 1. The summed E-state index contributed by atoms with van der Waals surface area (Å²) in [6, 6.07) is 1.49. The van der Waals surface area contributed by atoms with E-state index in [2.05, 4.69) is 14.9 Å².